The highest BCUT2D eigenvalue weighted by molar-refractivity contribution is 7.46. The Balaban J connectivity index is 0.00000432. The minimum Gasteiger partial charge on any atom is -0.489 e. The van der Waals surface area contributed by atoms with Crippen LogP contribution in [-0.2, 0) is 9.09 Å². The molecule has 1 aromatic heterocycles. The molecule has 4 N–H and O–H groups in total. The lowest BCUT2D eigenvalue weighted by Crippen LogP contribution is -2.32. The number of halogens is 4. The highest BCUT2D eigenvalue weighted by Gasteiger charge is 2.19. The predicted molar refractivity (Wildman–Crippen MR) is 135 cm³/mol. The third-order valence-corrected chi connectivity index (χ3v) is 6.23. The van der Waals surface area contributed by atoms with Crippen LogP contribution >= 0.6 is 54.8 Å². The Labute approximate surface area is 221 Å². The molecule has 0 aliphatic heterocycles. The highest BCUT2D eigenvalue weighted by Crippen LogP contribution is 2.39. The summed E-state index contributed by atoms with van der Waals surface area (Å²) in [5.74, 6) is -0.353. The number of benzene rings is 2. The number of nitrogens with two attached hydrogens (primary N) is 1. The number of aromatic nitrogens is 2. The molecule has 192 valence electrons. The molecule has 0 saturated carbocycles. The van der Waals surface area contributed by atoms with Crippen LogP contribution in [0.25, 0.3) is 21.1 Å². The number of ether oxygens (including phenoxy) is 2. The highest BCUT2D eigenvalue weighted by atomic mass is 35.5. The maximum absolute atomic E-state index is 14.6. The Morgan fingerprint density at radius 2 is 1.77 bits per heavy atom. The second-order valence-corrected chi connectivity index (χ2v) is 10.4. The molecule has 1 heterocycles. The van der Waals surface area contributed by atoms with Gasteiger partial charge in [-0.15, -0.1) is 22.6 Å². The van der Waals surface area contributed by atoms with Gasteiger partial charge in [0, 0.05) is 17.2 Å². The minimum absolute atomic E-state index is 0. The monoisotopic (exact) mass is 587 g/mol. The van der Waals surface area contributed by atoms with Crippen molar-refractivity contribution in [1.82, 2.24) is 10.2 Å². The summed E-state index contributed by atoms with van der Waals surface area (Å²) in [5.41, 5.74) is 6.69. The first-order valence-electron chi connectivity index (χ1n) is 9.81. The molecule has 15 heteroatoms. The van der Waals surface area contributed by atoms with Crippen molar-refractivity contribution in [2.75, 3.05) is 13.2 Å². The SMILES string of the molecule is CC(C)Oc1ccc(-c2nnc(-c3cc(F)c(OCC(N)COP(=O)(O)O)cc3Cl)s2)cc1Cl.Cl. The molecule has 0 bridgehead atoms. The van der Waals surface area contributed by atoms with Crippen molar-refractivity contribution in [1.29, 1.82) is 0 Å². The molecule has 0 spiro atoms. The predicted octanol–water partition coefficient (Wildman–Crippen LogP) is 5.34. The largest absolute Gasteiger partial charge is 0.489 e. The fourth-order valence-electron chi connectivity index (χ4n) is 2.67. The normalized spacial score (nSPS) is 12.4. The summed E-state index contributed by atoms with van der Waals surface area (Å²) in [6.45, 7) is 3.07. The Hall–Kier alpha value is -1.53. The molecule has 3 aromatic rings. The van der Waals surface area contributed by atoms with Crippen molar-refractivity contribution >= 4 is 54.8 Å². The molecule has 0 saturated heterocycles. The zero-order valence-electron chi connectivity index (χ0n) is 18.4. The molecule has 0 fully saturated rings. The zero-order valence-corrected chi connectivity index (χ0v) is 22.4. The van der Waals surface area contributed by atoms with Crippen LogP contribution in [0.3, 0.4) is 0 Å². The first-order chi connectivity index (χ1) is 15.9. The Kier molecular flexibility index (Phi) is 10.7. The molecular weight excluding hydrogens is 567 g/mol. The second kappa shape index (κ2) is 12.6. The van der Waals surface area contributed by atoms with Gasteiger partial charge in [0.15, 0.2) is 11.6 Å². The van der Waals surface area contributed by atoms with E-state index < -0.39 is 26.3 Å². The first-order valence-corrected chi connectivity index (χ1v) is 12.9. The maximum atomic E-state index is 14.6. The van der Waals surface area contributed by atoms with Gasteiger partial charge in [-0.1, -0.05) is 34.5 Å². The molecule has 0 radical (unpaired) electrons. The summed E-state index contributed by atoms with van der Waals surface area (Å²) in [6, 6.07) is 6.77. The van der Waals surface area contributed by atoms with E-state index in [1.807, 2.05) is 13.8 Å². The molecule has 0 aliphatic rings. The summed E-state index contributed by atoms with van der Waals surface area (Å²) in [5, 5.41) is 9.79. The van der Waals surface area contributed by atoms with E-state index in [0.29, 0.717) is 31.9 Å². The maximum Gasteiger partial charge on any atom is 0.469 e. The van der Waals surface area contributed by atoms with Gasteiger partial charge in [0.25, 0.3) is 0 Å². The standard InChI is InChI=1S/C20H21Cl2FN3O6PS.ClH/c1-10(2)32-17-4-3-11(5-15(17)22)19-25-26-20(34-19)13-6-16(23)18(7-14(13)21)30-8-12(24)9-31-33(27,28)29;/h3-7,10,12H,8-9,24H2,1-2H3,(H2,27,28,29);1H. The summed E-state index contributed by atoms with van der Waals surface area (Å²) in [4.78, 5) is 17.4. The number of rotatable bonds is 10. The van der Waals surface area contributed by atoms with Crippen molar-refractivity contribution in [3.05, 3.63) is 46.2 Å². The molecule has 9 nitrogen and oxygen atoms in total. The van der Waals surface area contributed by atoms with E-state index in [1.165, 1.54) is 17.4 Å². The fraction of sp³-hybridized carbons (Fsp3) is 0.300. The number of nitrogens with zero attached hydrogens (tertiary/aromatic N) is 2. The molecule has 1 atom stereocenters. The molecular formula is C20H22Cl3FN3O6PS. The van der Waals surface area contributed by atoms with Crippen LogP contribution in [0, 0.1) is 5.82 Å². The summed E-state index contributed by atoms with van der Waals surface area (Å²) in [6.07, 6.45) is -0.0238. The molecule has 0 amide bonds. The number of hydrogen-bond acceptors (Lipinski definition) is 8. The third kappa shape index (κ3) is 8.52. The van der Waals surface area contributed by atoms with Crippen LogP contribution in [0.5, 0.6) is 11.5 Å². The van der Waals surface area contributed by atoms with Gasteiger partial charge in [-0.05, 0) is 38.1 Å². The lowest BCUT2D eigenvalue weighted by atomic mass is 10.2. The third-order valence-electron chi connectivity index (χ3n) is 4.13. The van der Waals surface area contributed by atoms with Gasteiger partial charge < -0.3 is 25.0 Å². The van der Waals surface area contributed by atoms with Gasteiger partial charge in [0.1, 0.15) is 22.4 Å². The number of phosphoric acid groups is 1. The topological polar surface area (TPSA) is 137 Å². The van der Waals surface area contributed by atoms with Crippen LogP contribution in [0.15, 0.2) is 30.3 Å². The number of phosphoric ester groups is 1. The lowest BCUT2D eigenvalue weighted by molar-refractivity contribution is 0.164. The van der Waals surface area contributed by atoms with E-state index in [2.05, 4.69) is 14.7 Å². The van der Waals surface area contributed by atoms with E-state index in [4.69, 9.17) is 48.2 Å². The smallest absolute Gasteiger partial charge is 0.469 e. The van der Waals surface area contributed by atoms with Crippen LogP contribution in [-0.4, -0.2) is 45.3 Å². The van der Waals surface area contributed by atoms with Gasteiger partial charge in [0.2, 0.25) is 0 Å². The summed E-state index contributed by atoms with van der Waals surface area (Å²) >= 11 is 13.8. The lowest BCUT2D eigenvalue weighted by Gasteiger charge is -2.15. The molecule has 2 aromatic carbocycles. The minimum atomic E-state index is -4.66. The zero-order chi connectivity index (χ0) is 25.0. The van der Waals surface area contributed by atoms with Crippen molar-refractivity contribution in [2.45, 2.75) is 26.0 Å². The quantitative estimate of drug-likeness (QED) is 0.268. The second-order valence-electron chi connectivity index (χ2n) is 7.34. The van der Waals surface area contributed by atoms with Gasteiger partial charge in [-0.3, -0.25) is 4.52 Å². The average molecular weight is 589 g/mol. The van der Waals surface area contributed by atoms with Crippen molar-refractivity contribution in [3.63, 3.8) is 0 Å². The Morgan fingerprint density at radius 1 is 1.09 bits per heavy atom. The fourth-order valence-corrected chi connectivity index (χ4v) is 4.45. The first kappa shape index (κ1) is 29.7. The van der Waals surface area contributed by atoms with Gasteiger partial charge in [0.05, 0.1) is 28.8 Å². The Bertz CT molecular complexity index is 1210. The van der Waals surface area contributed by atoms with Gasteiger partial charge in [-0.2, -0.15) is 0 Å². The van der Waals surface area contributed by atoms with Crippen LogP contribution in [0.2, 0.25) is 10.0 Å². The van der Waals surface area contributed by atoms with Crippen molar-refractivity contribution < 1.29 is 32.7 Å². The van der Waals surface area contributed by atoms with E-state index in [9.17, 15) is 8.96 Å². The van der Waals surface area contributed by atoms with E-state index in [1.54, 1.807) is 18.2 Å². The van der Waals surface area contributed by atoms with Crippen LogP contribution in [0.4, 0.5) is 4.39 Å². The van der Waals surface area contributed by atoms with Gasteiger partial charge >= 0.3 is 7.82 Å². The van der Waals surface area contributed by atoms with E-state index in [-0.39, 0.29) is 35.9 Å². The van der Waals surface area contributed by atoms with E-state index in [0.717, 1.165) is 6.07 Å². The van der Waals surface area contributed by atoms with Gasteiger partial charge in [-0.25, -0.2) is 8.96 Å². The molecule has 35 heavy (non-hydrogen) atoms. The summed E-state index contributed by atoms with van der Waals surface area (Å²) < 4.78 is 40.5. The Morgan fingerprint density at radius 3 is 2.40 bits per heavy atom. The van der Waals surface area contributed by atoms with Crippen molar-refractivity contribution in [2.24, 2.45) is 5.73 Å². The van der Waals surface area contributed by atoms with Crippen LogP contribution in [0.1, 0.15) is 13.8 Å². The summed E-state index contributed by atoms with van der Waals surface area (Å²) in [7, 11) is -4.66. The van der Waals surface area contributed by atoms with E-state index >= 15 is 0 Å². The van der Waals surface area contributed by atoms with Crippen molar-refractivity contribution in [3.8, 4) is 32.6 Å². The molecule has 1 unspecified atom stereocenters. The number of hydrogen-bond donors (Lipinski definition) is 3. The average Bonchev–Trinajstić information content (AvgIpc) is 3.23. The molecule has 3 rings (SSSR count). The molecule has 0 aliphatic carbocycles. The van der Waals surface area contributed by atoms with Crippen LogP contribution < -0.4 is 15.2 Å².